The van der Waals surface area contributed by atoms with E-state index in [9.17, 15) is 23.1 Å². The maximum Gasteiger partial charge on any atom is 0.318 e. The number of carbonyl (C=O) groups excluding carboxylic acids is 1. The van der Waals surface area contributed by atoms with Gasteiger partial charge in [0.1, 0.15) is 5.82 Å². The molecule has 0 unspecified atom stereocenters. The molecular weight excluding hydrogens is 435 g/mol. The number of aliphatic hydroxyl groups excluding tert-OH is 1. The van der Waals surface area contributed by atoms with E-state index in [2.05, 4.69) is 20.6 Å². The minimum atomic E-state index is -2.64. The Labute approximate surface area is 181 Å². The summed E-state index contributed by atoms with van der Waals surface area (Å²) in [7, 11) is 0. The van der Waals surface area contributed by atoms with Gasteiger partial charge in [-0.3, -0.25) is 0 Å². The van der Waals surface area contributed by atoms with Crippen LogP contribution in [0.5, 0.6) is 0 Å². The summed E-state index contributed by atoms with van der Waals surface area (Å²) < 4.78 is 39.8. The fraction of sp³-hybridized carbons (Fsp3) is 0.450. The van der Waals surface area contributed by atoms with E-state index in [1.54, 1.807) is 6.20 Å². The van der Waals surface area contributed by atoms with E-state index in [4.69, 9.17) is 11.6 Å². The highest BCUT2D eigenvalue weighted by Gasteiger charge is 2.45. The Kier molecular flexibility index (Phi) is 5.94. The van der Waals surface area contributed by atoms with Gasteiger partial charge in [0.05, 0.1) is 29.9 Å². The first kappa shape index (κ1) is 21.6. The summed E-state index contributed by atoms with van der Waals surface area (Å²) in [6.07, 6.45) is 1.67. The third-order valence-electron chi connectivity index (χ3n) is 5.48. The monoisotopic (exact) mass is 455 g/mol. The number of urea groups is 1. The third-order valence-corrected chi connectivity index (χ3v) is 5.79. The second-order valence-corrected chi connectivity index (χ2v) is 8.21. The molecule has 0 bridgehead atoms. The van der Waals surface area contributed by atoms with Crippen molar-refractivity contribution >= 4 is 23.6 Å². The Morgan fingerprint density at radius 3 is 2.84 bits per heavy atom. The Balaban J connectivity index is 1.40. The number of nitrogens with zero attached hydrogens (tertiary/aromatic N) is 3. The number of halogens is 4. The molecule has 4 rings (SSSR count). The van der Waals surface area contributed by atoms with Crippen molar-refractivity contribution in [1.82, 2.24) is 20.2 Å². The Hall–Kier alpha value is -2.59. The molecule has 0 saturated heterocycles. The number of fused-ring (bicyclic) bond motifs is 1. The average Bonchev–Trinajstić information content (AvgIpc) is 2.72. The zero-order valence-corrected chi connectivity index (χ0v) is 17.2. The normalized spacial score (nSPS) is 18.7. The largest absolute Gasteiger partial charge is 0.394 e. The second kappa shape index (κ2) is 8.51. The molecule has 1 aliphatic heterocycles. The molecule has 2 aliphatic rings. The molecule has 1 aromatic carbocycles. The van der Waals surface area contributed by atoms with E-state index in [1.807, 2.05) is 0 Å². The number of nitrogens with one attached hydrogen (secondary N) is 2. The number of carbonyl (C=O) groups is 1. The molecule has 11 heteroatoms. The summed E-state index contributed by atoms with van der Waals surface area (Å²) in [5.41, 5.74) is 1.90. The van der Waals surface area contributed by atoms with Crippen LogP contribution in [0.25, 0.3) is 0 Å². The highest BCUT2D eigenvalue weighted by atomic mass is 35.5. The van der Waals surface area contributed by atoms with Gasteiger partial charge >= 0.3 is 6.03 Å². The van der Waals surface area contributed by atoms with E-state index < -0.39 is 30.4 Å². The lowest BCUT2D eigenvalue weighted by Crippen LogP contribution is -2.45. The zero-order chi connectivity index (χ0) is 22.2. The van der Waals surface area contributed by atoms with Crippen LogP contribution in [0.1, 0.15) is 35.7 Å². The summed E-state index contributed by atoms with van der Waals surface area (Å²) in [5.74, 6) is -3.03. The first-order valence-corrected chi connectivity index (χ1v) is 10.2. The molecule has 1 saturated carbocycles. The number of aromatic nitrogens is 2. The van der Waals surface area contributed by atoms with Gasteiger partial charge in [-0.15, -0.1) is 0 Å². The van der Waals surface area contributed by atoms with E-state index in [0.717, 1.165) is 5.56 Å². The van der Waals surface area contributed by atoms with Crippen molar-refractivity contribution in [2.45, 2.75) is 43.8 Å². The average molecular weight is 456 g/mol. The molecule has 0 radical (unpaired) electrons. The summed E-state index contributed by atoms with van der Waals surface area (Å²) in [5, 5.41) is 15.2. The first-order chi connectivity index (χ1) is 14.7. The Morgan fingerprint density at radius 1 is 1.39 bits per heavy atom. The van der Waals surface area contributed by atoms with Crippen LogP contribution in [0.15, 0.2) is 24.4 Å². The molecule has 1 fully saturated rings. The molecule has 3 N–H and O–H groups in total. The van der Waals surface area contributed by atoms with Crippen molar-refractivity contribution in [2.75, 3.05) is 18.5 Å². The number of hydrogen-bond donors (Lipinski definition) is 3. The zero-order valence-electron chi connectivity index (χ0n) is 16.4. The molecule has 166 valence electrons. The van der Waals surface area contributed by atoms with Crippen LogP contribution in [0.4, 0.5) is 23.9 Å². The fourth-order valence-corrected chi connectivity index (χ4v) is 3.81. The van der Waals surface area contributed by atoms with Crippen LogP contribution in [0.2, 0.25) is 5.02 Å². The van der Waals surface area contributed by atoms with Gasteiger partial charge in [-0.1, -0.05) is 17.7 Å². The predicted molar refractivity (Wildman–Crippen MR) is 108 cm³/mol. The lowest BCUT2D eigenvalue weighted by Gasteiger charge is -2.35. The number of aliphatic hydroxyl groups is 1. The predicted octanol–water partition coefficient (Wildman–Crippen LogP) is 3.28. The molecule has 7 nitrogen and oxygen atoms in total. The molecule has 1 aliphatic carbocycles. The van der Waals surface area contributed by atoms with Crippen LogP contribution < -0.4 is 10.6 Å². The summed E-state index contributed by atoms with van der Waals surface area (Å²) >= 11 is 5.69. The summed E-state index contributed by atoms with van der Waals surface area (Å²) in [6, 6.07) is 2.45. The lowest BCUT2D eigenvalue weighted by molar-refractivity contribution is -0.0794. The Bertz CT molecular complexity index is 985. The summed E-state index contributed by atoms with van der Waals surface area (Å²) in [6.45, 7) is 0.197. The molecule has 1 atom stereocenters. The van der Waals surface area contributed by atoms with E-state index >= 15 is 0 Å². The topological polar surface area (TPSA) is 90.4 Å². The van der Waals surface area contributed by atoms with Gasteiger partial charge in [0.25, 0.3) is 5.92 Å². The van der Waals surface area contributed by atoms with Crippen LogP contribution in [-0.4, -0.2) is 51.1 Å². The number of amides is 2. The van der Waals surface area contributed by atoms with Gasteiger partial charge in [-0.05, 0) is 29.7 Å². The third kappa shape index (κ3) is 4.85. The standard InChI is InChI=1S/C20H21ClF3N5O2/c21-14-2-1-11(5-15(14)22)17(10-30)28-19(31)29-4-3-12-8-25-18(27-16(12)9-29)26-13-6-20(23,24)7-13/h1-2,5,8,13,17,30H,3-4,6-7,9-10H2,(H,28,31)(H,25,26,27)/t17-/m1/s1. The number of benzene rings is 1. The highest BCUT2D eigenvalue weighted by molar-refractivity contribution is 6.30. The maximum atomic E-state index is 13.7. The van der Waals surface area contributed by atoms with Gasteiger partial charge in [-0.2, -0.15) is 0 Å². The van der Waals surface area contributed by atoms with Crippen LogP contribution in [0, 0.1) is 5.82 Å². The molecule has 2 amide bonds. The number of anilines is 1. The lowest BCUT2D eigenvalue weighted by atomic mass is 9.88. The minimum Gasteiger partial charge on any atom is -0.394 e. The second-order valence-electron chi connectivity index (χ2n) is 7.80. The van der Waals surface area contributed by atoms with Crippen molar-refractivity contribution in [3.8, 4) is 0 Å². The number of rotatable bonds is 5. The molecular formula is C20H21ClF3N5O2. The Morgan fingerprint density at radius 2 is 2.16 bits per heavy atom. The number of alkyl halides is 2. The van der Waals surface area contributed by atoms with Gasteiger partial charge in [0, 0.05) is 31.6 Å². The molecule has 0 spiro atoms. The molecule has 31 heavy (non-hydrogen) atoms. The van der Waals surface area contributed by atoms with Crippen LogP contribution in [0.3, 0.4) is 0 Å². The van der Waals surface area contributed by atoms with Crippen molar-refractivity contribution in [2.24, 2.45) is 0 Å². The van der Waals surface area contributed by atoms with Gasteiger partial charge in [0.2, 0.25) is 5.95 Å². The fourth-order valence-electron chi connectivity index (χ4n) is 3.70. The molecule has 2 heterocycles. The van der Waals surface area contributed by atoms with Gasteiger partial charge < -0.3 is 20.6 Å². The minimum absolute atomic E-state index is 0.0471. The highest BCUT2D eigenvalue weighted by Crippen LogP contribution is 2.38. The quantitative estimate of drug-likeness (QED) is 0.643. The van der Waals surface area contributed by atoms with Crippen molar-refractivity contribution in [1.29, 1.82) is 0 Å². The number of hydrogen-bond acceptors (Lipinski definition) is 5. The van der Waals surface area contributed by atoms with Crippen LogP contribution >= 0.6 is 11.6 Å². The van der Waals surface area contributed by atoms with E-state index in [0.29, 0.717) is 24.2 Å². The SMILES string of the molecule is O=C(N[C@H](CO)c1ccc(Cl)c(F)c1)N1CCc2cnc(NC3CC(F)(F)C3)nc2C1. The van der Waals surface area contributed by atoms with Gasteiger partial charge in [-0.25, -0.2) is 27.9 Å². The smallest absolute Gasteiger partial charge is 0.318 e. The van der Waals surface area contributed by atoms with Crippen molar-refractivity contribution in [3.05, 3.63) is 52.1 Å². The molecule has 2 aromatic rings. The van der Waals surface area contributed by atoms with E-state index in [-0.39, 0.29) is 36.4 Å². The maximum absolute atomic E-state index is 13.7. The van der Waals surface area contributed by atoms with Crippen molar-refractivity contribution in [3.63, 3.8) is 0 Å². The molecule has 1 aromatic heterocycles. The van der Waals surface area contributed by atoms with Crippen molar-refractivity contribution < 1.29 is 23.1 Å². The van der Waals surface area contributed by atoms with E-state index in [1.165, 1.54) is 23.1 Å². The van der Waals surface area contributed by atoms with Gasteiger partial charge in [0.15, 0.2) is 0 Å². The summed E-state index contributed by atoms with van der Waals surface area (Å²) in [4.78, 5) is 22.8. The van der Waals surface area contributed by atoms with Crippen LogP contribution in [-0.2, 0) is 13.0 Å². The first-order valence-electron chi connectivity index (χ1n) is 9.84.